The number of amides is 1. The van der Waals surface area contributed by atoms with Crippen molar-refractivity contribution in [3.8, 4) is 0 Å². The minimum Gasteiger partial charge on any atom is -0.409 e. The standard InChI is InChI=1S/C24H22N4O2/c25-23(27-30)19-12-10-18(11-13-19)16-28(15-17-6-2-1-3-7-17)24(29)21-14-26-22-9-5-4-8-20(21)22/h1-14,26,30H,15-16H2,(H2,25,27). The maximum atomic E-state index is 13.5. The van der Waals surface area contributed by atoms with Gasteiger partial charge in [-0.25, -0.2) is 0 Å². The number of hydrogen-bond donors (Lipinski definition) is 3. The number of fused-ring (bicyclic) bond motifs is 1. The Balaban J connectivity index is 1.65. The van der Waals surface area contributed by atoms with Crippen molar-refractivity contribution >= 4 is 22.6 Å². The van der Waals surface area contributed by atoms with E-state index in [2.05, 4.69) is 10.1 Å². The molecule has 0 spiro atoms. The summed E-state index contributed by atoms with van der Waals surface area (Å²) < 4.78 is 0. The molecule has 150 valence electrons. The summed E-state index contributed by atoms with van der Waals surface area (Å²) in [4.78, 5) is 18.5. The maximum Gasteiger partial charge on any atom is 0.256 e. The molecule has 4 aromatic rings. The molecule has 6 heteroatoms. The largest absolute Gasteiger partial charge is 0.409 e. The number of carbonyl (C=O) groups excluding carboxylic acids is 1. The summed E-state index contributed by atoms with van der Waals surface area (Å²) in [6.45, 7) is 0.921. The first kappa shape index (κ1) is 19.3. The van der Waals surface area contributed by atoms with Gasteiger partial charge in [-0.3, -0.25) is 4.79 Å². The Bertz CT molecular complexity index is 1180. The van der Waals surface area contributed by atoms with Crippen LogP contribution in [0.1, 0.15) is 27.0 Å². The van der Waals surface area contributed by atoms with Crippen LogP contribution in [0.3, 0.4) is 0 Å². The molecule has 3 aromatic carbocycles. The smallest absolute Gasteiger partial charge is 0.256 e. The van der Waals surface area contributed by atoms with Crippen LogP contribution >= 0.6 is 0 Å². The van der Waals surface area contributed by atoms with Crippen LogP contribution in [0.25, 0.3) is 10.9 Å². The van der Waals surface area contributed by atoms with E-state index in [1.54, 1.807) is 18.3 Å². The summed E-state index contributed by atoms with van der Waals surface area (Å²) in [7, 11) is 0. The minimum absolute atomic E-state index is 0.0446. The quantitative estimate of drug-likeness (QED) is 0.197. The molecular formula is C24H22N4O2. The summed E-state index contributed by atoms with van der Waals surface area (Å²) >= 11 is 0. The first-order chi connectivity index (χ1) is 14.7. The second-order valence-corrected chi connectivity index (χ2v) is 7.08. The molecule has 0 atom stereocenters. The van der Waals surface area contributed by atoms with Gasteiger partial charge in [0.05, 0.1) is 5.56 Å². The lowest BCUT2D eigenvalue weighted by Gasteiger charge is -2.23. The van der Waals surface area contributed by atoms with Gasteiger partial charge >= 0.3 is 0 Å². The van der Waals surface area contributed by atoms with Crippen molar-refractivity contribution in [1.82, 2.24) is 9.88 Å². The molecule has 4 N–H and O–H groups in total. The fourth-order valence-electron chi connectivity index (χ4n) is 3.48. The minimum atomic E-state index is -0.0446. The summed E-state index contributed by atoms with van der Waals surface area (Å²) in [5.41, 5.74) is 9.86. The first-order valence-electron chi connectivity index (χ1n) is 9.62. The van der Waals surface area contributed by atoms with E-state index < -0.39 is 0 Å². The highest BCUT2D eigenvalue weighted by molar-refractivity contribution is 6.06. The third-order valence-corrected chi connectivity index (χ3v) is 5.05. The number of carbonyl (C=O) groups is 1. The van der Waals surface area contributed by atoms with Crippen molar-refractivity contribution < 1.29 is 10.0 Å². The van der Waals surface area contributed by atoms with Gasteiger partial charge in [0.1, 0.15) is 0 Å². The lowest BCUT2D eigenvalue weighted by molar-refractivity contribution is 0.0732. The van der Waals surface area contributed by atoms with Gasteiger partial charge in [0.25, 0.3) is 5.91 Å². The Kier molecular flexibility index (Phi) is 5.48. The monoisotopic (exact) mass is 398 g/mol. The number of para-hydroxylation sites is 1. The summed E-state index contributed by atoms with van der Waals surface area (Å²) in [6, 6.07) is 25.0. The molecule has 0 bridgehead atoms. The number of benzene rings is 3. The van der Waals surface area contributed by atoms with E-state index in [0.717, 1.165) is 22.0 Å². The summed E-state index contributed by atoms with van der Waals surface area (Å²) in [5.74, 6) is 0.00868. The molecule has 0 aliphatic rings. The molecule has 6 nitrogen and oxygen atoms in total. The fourth-order valence-corrected chi connectivity index (χ4v) is 3.48. The van der Waals surface area contributed by atoms with E-state index in [4.69, 9.17) is 10.9 Å². The number of oxime groups is 1. The molecule has 0 saturated heterocycles. The van der Waals surface area contributed by atoms with Crippen molar-refractivity contribution in [2.75, 3.05) is 0 Å². The van der Waals surface area contributed by atoms with Gasteiger partial charge in [-0.05, 0) is 17.2 Å². The molecule has 0 unspecified atom stereocenters. The van der Waals surface area contributed by atoms with Crippen LogP contribution in [-0.4, -0.2) is 26.8 Å². The zero-order valence-corrected chi connectivity index (χ0v) is 16.3. The van der Waals surface area contributed by atoms with Crippen LogP contribution in [0.15, 0.2) is 90.2 Å². The lowest BCUT2D eigenvalue weighted by atomic mass is 10.1. The predicted molar refractivity (Wildman–Crippen MR) is 117 cm³/mol. The second-order valence-electron chi connectivity index (χ2n) is 7.08. The highest BCUT2D eigenvalue weighted by Crippen LogP contribution is 2.22. The molecule has 0 aliphatic heterocycles. The van der Waals surface area contributed by atoms with Crippen molar-refractivity contribution in [2.24, 2.45) is 10.9 Å². The zero-order valence-electron chi connectivity index (χ0n) is 16.3. The van der Waals surface area contributed by atoms with Gasteiger partial charge in [-0.1, -0.05) is 78.0 Å². The normalized spacial score (nSPS) is 11.5. The van der Waals surface area contributed by atoms with Crippen molar-refractivity contribution in [3.63, 3.8) is 0 Å². The number of nitrogens with zero attached hydrogens (tertiary/aromatic N) is 2. The van der Waals surface area contributed by atoms with Gasteiger partial charge in [0.2, 0.25) is 0 Å². The highest BCUT2D eigenvalue weighted by atomic mass is 16.4. The van der Waals surface area contributed by atoms with Gasteiger partial charge in [0, 0.05) is 35.8 Å². The number of rotatable bonds is 6. The Labute approximate surface area is 174 Å². The average Bonchev–Trinajstić information content (AvgIpc) is 3.23. The third-order valence-electron chi connectivity index (χ3n) is 5.05. The Morgan fingerprint density at radius 2 is 1.53 bits per heavy atom. The lowest BCUT2D eigenvalue weighted by Crippen LogP contribution is -2.30. The topological polar surface area (TPSA) is 94.7 Å². The Hall–Kier alpha value is -4.06. The molecule has 4 rings (SSSR count). The van der Waals surface area contributed by atoms with Crippen molar-refractivity contribution in [3.05, 3.63) is 107 Å². The van der Waals surface area contributed by atoms with Crippen molar-refractivity contribution in [1.29, 1.82) is 0 Å². The number of aromatic amines is 1. The number of amidine groups is 1. The molecule has 1 aromatic heterocycles. The van der Waals surface area contributed by atoms with Crippen LogP contribution in [-0.2, 0) is 13.1 Å². The molecule has 0 fully saturated rings. The zero-order chi connectivity index (χ0) is 20.9. The Morgan fingerprint density at radius 3 is 2.23 bits per heavy atom. The van der Waals surface area contributed by atoms with Gasteiger partial charge in [-0.2, -0.15) is 0 Å². The number of nitrogens with two attached hydrogens (primary N) is 1. The summed E-state index contributed by atoms with van der Waals surface area (Å²) in [5, 5.41) is 12.8. The number of H-pyrrole nitrogens is 1. The van der Waals surface area contributed by atoms with Crippen LogP contribution in [0.4, 0.5) is 0 Å². The number of aromatic nitrogens is 1. The van der Waals surface area contributed by atoms with Gasteiger partial charge in [0.15, 0.2) is 5.84 Å². The SMILES string of the molecule is NC(=NO)c1ccc(CN(Cc2ccccc2)C(=O)c2c[nH]c3ccccc23)cc1. The molecule has 0 aliphatic carbocycles. The van der Waals surface area contributed by atoms with Crippen LogP contribution in [0.5, 0.6) is 0 Å². The van der Waals surface area contributed by atoms with Gasteiger partial charge in [-0.15, -0.1) is 0 Å². The van der Waals surface area contributed by atoms with E-state index in [1.807, 2.05) is 71.6 Å². The molecule has 1 amide bonds. The molecule has 1 heterocycles. The van der Waals surface area contributed by atoms with E-state index in [1.165, 1.54) is 0 Å². The molecule has 0 saturated carbocycles. The molecular weight excluding hydrogens is 376 g/mol. The van der Waals surface area contributed by atoms with E-state index in [-0.39, 0.29) is 11.7 Å². The van der Waals surface area contributed by atoms with Crippen LogP contribution < -0.4 is 5.73 Å². The Morgan fingerprint density at radius 1 is 0.900 bits per heavy atom. The average molecular weight is 398 g/mol. The number of hydrogen-bond acceptors (Lipinski definition) is 3. The highest BCUT2D eigenvalue weighted by Gasteiger charge is 2.20. The van der Waals surface area contributed by atoms with E-state index in [9.17, 15) is 4.79 Å². The van der Waals surface area contributed by atoms with E-state index in [0.29, 0.717) is 24.2 Å². The number of nitrogens with one attached hydrogen (secondary N) is 1. The third kappa shape index (κ3) is 4.03. The summed E-state index contributed by atoms with van der Waals surface area (Å²) in [6.07, 6.45) is 1.77. The fraction of sp³-hybridized carbons (Fsp3) is 0.0833. The van der Waals surface area contributed by atoms with Crippen molar-refractivity contribution in [2.45, 2.75) is 13.1 Å². The predicted octanol–water partition coefficient (Wildman–Crippen LogP) is 4.11. The second kappa shape index (κ2) is 8.53. The molecule has 30 heavy (non-hydrogen) atoms. The molecule has 0 radical (unpaired) electrons. The van der Waals surface area contributed by atoms with E-state index >= 15 is 0 Å². The van der Waals surface area contributed by atoms with Crippen LogP contribution in [0, 0.1) is 0 Å². The van der Waals surface area contributed by atoms with Gasteiger partial charge < -0.3 is 20.8 Å². The van der Waals surface area contributed by atoms with Crippen LogP contribution in [0.2, 0.25) is 0 Å². The first-order valence-corrected chi connectivity index (χ1v) is 9.62. The maximum absolute atomic E-state index is 13.5.